The molecule has 0 aromatic carbocycles. The Morgan fingerprint density at radius 1 is 1.15 bits per heavy atom. The van der Waals surface area contributed by atoms with E-state index in [0.29, 0.717) is 0 Å². The van der Waals surface area contributed by atoms with E-state index < -0.39 is 27.5 Å². The molecule has 9 heteroatoms. The number of hydrogen-bond acceptors (Lipinski definition) is 2. The maximum absolute atomic E-state index is 12.2. The highest BCUT2D eigenvalue weighted by Crippen LogP contribution is 2.40. The first-order valence-electron chi connectivity index (χ1n) is 2.81. The van der Waals surface area contributed by atoms with Crippen LogP contribution in [-0.2, 0) is 10.1 Å². The van der Waals surface area contributed by atoms with Gasteiger partial charge in [-0.2, -0.15) is 30.4 Å². The molecule has 3 nitrogen and oxygen atoms in total. The Bertz CT molecular complexity index is 279. The Morgan fingerprint density at radius 2 is 1.46 bits per heavy atom. The maximum atomic E-state index is 12.2. The molecule has 0 aliphatic heterocycles. The van der Waals surface area contributed by atoms with Crippen LogP contribution in [0.3, 0.4) is 0 Å². The van der Waals surface area contributed by atoms with Gasteiger partial charge in [0.1, 0.15) is 0 Å². The van der Waals surface area contributed by atoms with Crippen LogP contribution < -0.4 is 0 Å². The molecule has 1 N–H and O–H groups in total. The molecule has 80 valence electrons. The van der Waals surface area contributed by atoms with Gasteiger partial charge in [0.05, 0.1) is 0 Å². The Hall–Kier alpha value is -0.440. The van der Waals surface area contributed by atoms with Crippen LogP contribution in [0.25, 0.3) is 0 Å². The highest BCUT2D eigenvalue weighted by molar-refractivity contribution is 7.86. The summed E-state index contributed by atoms with van der Waals surface area (Å²) in [6.07, 6.45) is -6.00. The van der Waals surface area contributed by atoms with Gasteiger partial charge in [0.15, 0.2) is 5.25 Å². The first-order chi connectivity index (χ1) is 5.40. The van der Waals surface area contributed by atoms with Gasteiger partial charge >= 0.3 is 12.1 Å². The fourth-order valence-corrected chi connectivity index (χ4v) is 0.925. The molecule has 0 amide bonds. The summed E-state index contributed by atoms with van der Waals surface area (Å²) in [6.45, 7) is 0.0722. The van der Waals surface area contributed by atoms with Crippen LogP contribution in [0.2, 0.25) is 0 Å². The van der Waals surface area contributed by atoms with Gasteiger partial charge in [-0.25, -0.2) is 0 Å². The molecule has 0 spiro atoms. The summed E-state index contributed by atoms with van der Waals surface area (Å²) in [5.41, 5.74) is 0. The van der Waals surface area contributed by atoms with Gasteiger partial charge in [-0.1, -0.05) is 0 Å². The van der Waals surface area contributed by atoms with Gasteiger partial charge < -0.3 is 0 Å². The van der Waals surface area contributed by atoms with Gasteiger partial charge in [0.2, 0.25) is 0 Å². The van der Waals surface area contributed by atoms with Crippen LogP contribution in [0.1, 0.15) is 6.92 Å². The lowest BCUT2D eigenvalue weighted by molar-refractivity contribution is -0.281. The van der Waals surface area contributed by atoms with Gasteiger partial charge in [-0.3, -0.25) is 4.55 Å². The molecule has 0 aliphatic carbocycles. The molecule has 0 bridgehead atoms. The topological polar surface area (TPSA) is 54.4 Å². The minimum Gasteiger partial charge on any atom is -0.285 e. The Morgan fingerprint density at radius 3 is 1.54 bits per heavy atom. The second-order valence-electron chi connectivity index (χ2n) is 2.28. The van der Waals surface area contributed by atoms with Crippen molar-refractivity contribution < 1.29 is 34.9 Å². The highest BCUT2D eigenvalue weighted by atomic mass is 32.2. The third kappa shape index (κ3) is 2.50. The molecule has 0 fully saturated rings. The number of rotatable bonds is 2. The number of hydrogen-bond donors (Lipinski definition) is 1. The van der Waals surface area contributed by atoms with Crippen LogP contribution in [0.5, 0.6) is 0 Å². The summed E-state index contributed by atoms with van der Waals surface area (Å²) in [5.74, 6) is -5.46. The second-order valence-corrected chi connectivity index (χ2v) is 4.01. The predicted octanol–water partition coefficient (Wildman–Crippen LogP) is 1.46. The summed E-state index contributed by atoms with van der Waals surface area (Å²) >= 11 is 0. The zero-order valence-corrected chi connectivity index (χ0v) is 6.96. The molecule has 1 unspecified atom stereocenters. The number of alkyl halides is 5. The Balaban J connectivity index is 5.09. The van der Waals surface area contributed by atoms with E-state index >= 15 is 0 Å². The van der Waals surface area contributed by atoms with Crippen LogP contribution in [0, 0.1) is 0 Å². The molecule has 1 atom stereocenters. The SMILES string of the molecule is CC(C(F)(F)C(F)(F)F)S(=O)(=O)O. The van der Waals surface area contributed by atoms with Gasteiger partial charge in [-0.15, -0.1) is 0 Å². The minimum absolute atomic E-state index is 0.0722. The van der Waals surface area contributed by atoms with Crippen molar-refractivity contribution in [2.45, 2.75) is 24.3 Å². The lowest BCUT2D eigenvalue weighted by atomic mass is 10.2. The van der Waals surface area contributed by atoms with E-state index in [-0.39, 0.29) is 6.92 Å². The average Bonchev–Trinajstić information content (AvgIpc) is 1.81. The zero-order valence-electron chi connectivity index (χ0n) is 6.14. The van der Waals surface area contributed by atoms with Crippen LogP contribution in [0.15, 0.2) is 0 Å². The van der Waals surface area contributed by atoms with Crippen molar-refractivity contribution in [3.05, 3.63) is 0 Å². The number of halogens is 5. The smallest absolute Gasteiger partial charge is 0.285 e. The van der Waals surface area contributed by atoms with E-state index in [9.17, 15) is 30.4 Å². The normalized spacial score (nSPS) is 17.2. The van der Waals surface area contributed by atoms with E-state index in [4.69, 9.17) is 4.55 Å². The van der Waals surface area contributed by atoms with Crippen molar-refractivity contribution in [2.24, 2.45) is 0 Å². The molecular formula is C4H5F5O3S. The zero-order chi connectivity index (χ0) is 11.1. The first kappa shape index (κ1) is 12.6. The second kappa shape index (κ2) is 3.05. The van der Waals surface area contributed by atoms with Gasteiger partial charge in [0.25, 0.3) is 10.1 Å². The van der Waals surface area contributed by atoms with Crippen LogP contribution in [-0.4, -0.2) is 30.3 Å². The molecule has 0 aromatic heterocycles. The molecule has 0 aromatic rings. The summed E-state index contributed by atoms with van der Waals surface area (Å²) in [4.78, 5) is 0. The summed E-state index contributed by atoms with van der Waals surface area (Å²) in [6, 6.07) is 0. The Labute approximate surface area is 70.3 Å². The lowest BCUT2D eigenvalue weighted by Gasteiger charge is -2.23. The quantitative estimate of drug-likeness (QED) is 0.575. The summed E-state index contributed by atoms with van der Waals surface area (Å²) in [7, 11) is -5.41. The fraction of sp³-hybridized carbons (Fsp3) is 1.00. The predicted molar refractivity (Wildman–Crippen MR) is 32.0 cm³/mol. The van der Waals surface area contributed by atoms with E-state index in [2.05, 4.69) is 0 Å². The molecule has 0 saturated carbocycles. The van der Waals surface area contributed by atoms with E-state index in [1.54, 1.807) is 0 Å². The molecule has 0 rings (SSSR count). The van der Waals surface area contributed by atoms with E-state index in [1.165, 1.54) is 0 Å². The van der Waals surface area contributed by atoms with Crippen molar-refractivity contribution in [1.82, 2.24) is 0 Å². The van der Waals surface area contributed by atoms with Crippen LogP contribution >= 0.6 is 0 Å². The molecule has 13 heavy (non-hydrogen) atoms. The molecule has 0 heterocycles. The van der Waals surface area contributed by atoms with Crippen molar-refractivity contribution >= 4 is 10.1 Å². The van der Waals surface area contributed by atoms with Gasteiger partial charge in [-0.05, 0) is 6.92 Å². The van der Waals surface area contributed by atoms with Crippen molar-refractivity contribution in [1.29, 1.82) is 0 Å². The van der Waals surface area contributed by atoms with E-state index in [1.807, 2.05) is 0 Å². The standard InChI is InChI=1S/C4H5F5O3S/c1-2(13(10,11)12)3(5,6)4(7,8)9/h2H,1H3,(H,10,11,12). The van der Waals surface area contributed by atoms with Crippen molar-refractivity contribution in [3.63, 3.8) is 0 Å². The maximum Gasteiger partial charge on any atom is 0.454 e. The first-order valence-corrected chi connectivity index (χ1v) is 4.32. The van der Waals surface area contributed by atoms with E-state index in [0.717, 1.165) is 0 Å². The van der Waals surface area contributed by atoms with Crippen molar-refractivity contribution in [3.8, 4) is 0 Å². The summed E-state index contributed by atoms with van der Waals surface area (Å²) < 4.78 is 86.8. The van der Waals surface area contributed by atoms with Gasteiger partial charge in [0, 0.05) is 0 Å². The largest absolute Gasteiger partial charge is 0.454 e. The molecule has 0 saturated heterocycles. The average molecular weight is 228 g/mol. The molecular weight excluding hydrogens is 223 g/mol. The molecule has 0 aliphatic rings. The minimum atomic E-state index is -6.00. The van der Waals surface area contributed by atoms with Crippen molar-refractivity contribution in [2.75, 3.05) is 0 Å². The highest BCUT2D eigenvalue weighted by Gasteiger charge is 2.64. The Kier molecular flexibility index (Phi) is 2.95. The third-order valence-electron chi connectivity index (χ3n) is 1.34. The third-order valence-corrected chi connectivity index (χ3v) is 2.52. The summed E-state index contributed by atoms with van der Waals surface area (Å²) in [5, 5.41) is -3.21. The fourth-order valence-electron chi connectivity index (χ4n) is 0.418. The monoisotopic (exact) mass is 228 g/mol. The van der Waals surface area contributed by atoms with Crippen LogP contribution in [0.4, 0.5) is 22.0 Å². The molecule has 0 radical (unpaired) electrons. The lowest BCUT2D eigenvalue weighted by Crippen LogP contribution is -2.48.